The molecule has 0 radical (unpaired) electrons. The van der Waals surface area contributed by atoms with E-state index in [-0.39, 0.29) is 5.69 Å². The molecule has 0 aliphatic heterocycles. The zero-order valence-electron chi connectivity index (χ0n) is 13.1. The Labute approximate surface area is 155 Å². The summed E-state index contributed by atoms with van der Waals surface area (Å²) in [6.07, 6.45) is 1.60. The molecule has 6 nitrogen and oxygen atoms in total. The van der Waals surface area contributed by atoms with E-state index in [4.69, 9.17) is 0 Å². The normalized spacial score (nSPS) is 11.0. The van der Waals surface area contributed by atoms with Gasteiger partial charge in [0.15, 0.2) is 11.3 Å². The molecular weight excluding hydrogens is 403 g/mol. The van der Waals surface area contributed by atoms with Gasteiger partial charge in [0.05, 0.1) is 17.1 Å². The fraction of sp³-hybridized carbons (Fsp3) is 0. The van der Waals surface area contributed by atoms with Gasteiger partial charge in [0.1, 0.15) is 5.82 Å². The Balaban J connectivity index is 1.99. The van der Waals surface area contributed by atoms with Crippen molar-refractivity contribution in [1.82, 2.24) is 19.6 Å². The first-order chi connectivity index (χ1) is 12.5. The van der Waals surface area contributed by atoms with Crippen molar-refractivity contribution in [3.05, 3.63) is 70.7 Å². The van der Waals surface area contributed by atoms with Gasteiger partial charge in [-0.3, -0.25) is 4.98 Å². The second kappa shape index (κ2) is 6.30. The van der Waals surface area contributed by atoms with Gasteiger partial charge < -0.3 is 5.11 Å². The van der Waals surface area contributed by atoms with Crippen molar-refractivity contribution in [3.63, 3.8) is 0 Å². The first kappa shape index (κ1) is 16.3. The lowest BCUT2D eigenvalue weighted by Gasteiger charge is -2.05. The maximum atomic E-state index is 14.3. The number of aromatic carboxylic acids is 1. The summed E-state index contributed by atoms with van der Waals surface area (Å²) in [4.78, 5) is 19.8. The molecule has 0 unspecified atom stereocenters. The van der Waals surface area contributed by atoms with Gasteiger partial charge in [0, 0.05) is 22.3 Å². The molecule has 0 saturated carbocycles. The molecule has 4 rings (SSSR count). The molecule has 0 aliphatic carbocycles. The van der Waals surface area contributed by atoms with Crippen molar-refractivity contribution in [2.75, 3.05) is 0 Å². The maximum absolute atomic E-state index is 14.3. The Morgan fingerprint density at radius 3 is 2.65 bits per heavy atom. The Morgan fingerprint density at radius 2 is 1.96 bits per heavy atom. The smallest absolute Gasteiger partial charge is 0.354 e. The second-order valence-corrected chi connectivity index (χ2v) is 6.39. The summed E-state index contributed by atoms with van der Waals surface area (Å²) < 4.78 is 16.4. The number of hydrogen-bond donors (Lipinski definition) is 1. The van der Waals surface area contributed by atoms with Crippen LogP contribution in [-0.2, 0) is 0 Å². The largest absolute Gasteiger partial charge is 0.477 e. The molecule has 26 heavy (non-hydrogen) atoms. The minimum atomic E-state index is -1.16. The summed E-state index contributed by atoms with van der Waals surface area (Å²) in [5.74, 6) is -1.61. The maximum Gasteiger partial charge on any atom is 0.354 e. The number of fused-ring (bicyclic) bond motifs is 1. The zero-order chi connectivity index (χ0) is 18.3. The number of halogens is 2. The number of aromatic nitrogens is 4. The molecule has 1 N–H and O–H groups in total. The molecule has 0 amide bonds. The Morgan fingerprint density at radius 1 is 1.12 bits per heavy atom. The topological polar surface area (TPSA) is 80.4 Å². The van der Waals surface area contributed by atoms with E-state index in [1.54, 1.807) is 42.6 Å². The van der Waals surface area contributed by atoms with Gasteiger partial charge in [0.25, 0.3) is 0 Å². The van der Waals surface area contributed by atoms with Crippen molar-refractivity contribution >= 4 is 27.5 Å². The lowest BCUT2D eigenvalue weighted by atomic mass is 10.1. The highest BCUT2D eigenvalue weighted by Crippen LogP contribution is 2.27. The molecule has 0 bridgehead atoms. The molecule has 128 valence electrons. The van der Waals surface area contributed by atoms with Gasteiger partial charge in [-0.15, -0.1) is 0 Å². The number of rotatable bonds is 3. The van der Waals surface area contributed by atoms with E-state index in [0.717, 1.165) is 0 Å². The van der Waals surface area contributed by atoms with E-state index in [9.17, 15) is 14.3 Å². The van der Waals surface area contributed by atoms with Crippen LogP contribution in [0.2, 0.25) is 0 Å². The minimum absolute atomic E-state index is 0.138. The van der Waals surface area contributed by atoms with Crippen molar-refractivity contribution in [3.8, 4) is 22.6 Å². The molecule has 0 aliphatic rings. The number of carbonyl (C=O) groups is 1. The molecule has 3 heterocycles. The SMILES string of the molecule is O=C(O)c1cc(-c2ccccn2)n2nc(-c3ccc(Br)cc3F)cc2n1. The third-order valence-electron chi connectivity index (χ3n) is 3.78. The van der Waals surface area contributed by atoms with Crippen LogP contribution in [0.15, 0.2) is 59.2 Å². The highest BCUT2D eigenvalue weighted by molar-refractivity contribution is 9.10. The lowest BCUT2D eigenvalue weighted by molar-refractivity contribution is 0.0690. The van der Waals surface area contributed by atoms with Crippen LogP contribution in [0.1, 0.15) is 10.5 Å². The van der Waals surface area contributed by atoms with Gasteiger partial charge in [-0.2, -0.15) is 5.10 Å². The highest BCUT2D eigenvalue weighted by atomic mass is 79.9. The predicted molar refractivity (Wildman–Crippen MR) is 96.3 cm³/mol. The second-order valence-electron chi connectivity index (χ2n) is 5.47. The third-order valence-corrected chi connectivity index (χ3v) is 4.27. The van der Waals surface area contributed by atoms with Crippen LogP contribution in [0.3, 0.4) is 0 Å². The fourth-order valence-electron chi connectivity index (χ4n) is 2.61. The van der Waals surface area contributed by atoms with E-state index < -0.39 is 11.8 Å². The van der Waals surface area contributed by atoms with Gasteiger partial charge in [-0.1, -0.05) is 22.0 Å². The Kier molecular flexibility index (Phi) is 3.96. The summed E-state index contributed by atoms with van der Waals surface area (Å²) in [5, 5.41) is 13.8. The number of carboxylic acids is 1. The van der Waals surface area contributed by atoms with E-state index in [0.29, 0.717) is 32.8 Å². The number of nitrogens with zero attached hydrogens (tertiary/aromatic N) is 4. The van der Waals surface area contributed by atoms with E-state index in [1.165, 1.54) is 16.6 Å². The van der Waals surface area contributed by atoms with Crippen LogP contribution < -0.4 is 0 Å². The lowest BCUT2D eigenvalue weighted by Crippen LogP contribution is -2.05. The highest BCUT2D eigenvalue weighted by Gasteiger charge is 2.17. The zero-order valence-corrected chi connectivity index (χ0v) is 14.7. The van der Waals surface area contributed by atoms with Crippen LogP contribution >= 0.6 is 15.9 Å². The Bertz CT molecular complexity index is 1140. The van der Waals surface area contributed by atoms with Crippen LogP contribution in [-0.4, -0.2) is 30.7 Å². The molecular formula is C18H10BrFN4O2. The average molecular weight is 413 g/mol. The summed E-state index contributed by atoms with van der Waals surface area (Å²) in [6, 6.07) is 12.9. The summed E-state index contributed by atoms with van der Waals surface area (Å²) >= 11 is 3.22. The van der Waals surface area contributed by atoms with Crippen molar-refractivity contribution < 1.29 is 14.3 Å². The Hall–Kier alpha value is -3.13. The van der Waals surface area contributed by atoms with E-state index in [1.807, 2.05) is 0 Å². The van der Waals surface area contributed by atoms with Crippen LogP contribution in [0.5, 0.6) is 0 Å². The first-order valence-electron chi connectivity index (χ1n) is 7.54. The monoisotopic (exact) mass is 412 g/mol. The molecule has 4 aromatic rings. The van der Waals surface area contributed by atoms with E-state index >= 15 is 0 Å². The number of benzene rings is 1. The number of hydrogen-bond acceptors (Lipinski definition) is 4. The quantitative estimate of drug-likeness (QED) is 0.548. The molecule has 0 atom stereocenters. The molecule has 3 aromatic heterocycles. The standard InChI is InChI=1S/C18H10BrFN4O2/c19-10-4-5-11(12(20)7-10)14-9-17-22-15(18(25)26)8-16(24(17)23-14)13-3-1-2-6-21-13/h1-9H,(H,25,26). The molecule has 0 spiro atoms. The molecule has 8 heteroatoms. The van der Waals surface area contributed by atoms with Gasteiger partial charge in [-0.05, 0) is 36.4 Å². The van der Waals surface area contributed by atoms with Crippen molar-refractivity contribution in [2.45, 2.75) is 0 Å². The van der Waals surface area contributed by atoms with Gasteiger partial charge in [0.2, 0.25) is 0 Å². The van der Waals surface area contributed by atoms with Gasteiger partial charge >= 0.3 is 5.97 Å². The van der Waals surface area contributed by atoms with Gasteiger partial charge in [-0.25, -0.2) is 18.7 Å². The number of carboxylic acid groups (broad SMARTS) is 1. The third kappa shape index (κ3) is 2.84. The number of pyridine rings is 1. The first-order valence-corrected chi connectivity index (χ1v) is 8.33. The molecule has 0 fully saturated rings. The van der Waals surface area contributed by atoms with Crippen LogP contribution in [0.4, 0.5) is 4.39 Å². The molecule has 1 aromatic carbocycles. The van der Waals surface area contributed by atoms with E-state index in [2.05, 4.69) is 31.0 Å². The predicted octanol–water partition coefficient (Wildman–Crippen LogP) is 4.06. The summed E-state index contributed by atoms with van der Waals surface area (Å²) in [7, 11) is 0. The average Bonchev–Trinajstić information content (AvgIpc) is 3.05. The summed E-state index contributed by atoms with van der Waals surface area (Å²) in [6.45, 7) is 0. The van der Waals surface area contributed by atoms with Crippen LogP contribution in [0.25, 0.3) is 28.3 Å². The van der Waals surface area contributed by atoms with Crippen molar-refractivity contribution in [2.24, 2.45) is 0 Å². The van der Waals surface area contributed by atoms with Crippen LogP contribution in [0, 0.1) is 5.82 Å². The van der Waals surface area contributed by atoms with Crippen molar-refractivity contribution in [1.29, 1.82) is 0 Å². The molecule has 0 saturated heterocycles. The fourth-order valence-corrected chi connectivity index (χ4v) is 2.94. The minimum Gasteiger partial charge on any atom is -0.477 e. The summed E-state index contributed by atoms with van der Waals surface area (Å²) in [5.41, 5.74) is 1.79.